The van der Waals surface area contributed by atoms with E-state index in [1.54, 1.807) is 32.9 Å². The van der Waals surface area contributed by atoms with Crippen molar-refractivity contribution in [2.24, 2.45) is 5.92 Å². The van der Waals surface area contributed by atoms with Crippen LogP contribution >= 0.6 is 15.9 Å². The first kappa shape index (κ1) is 27.4. The van der Waals surface area contributed by atoms with Gasteiger partial charge in [0.25, 0.3) is 0 Å². The molecule has 0 N–H and O–H groups in total. The van der Waals surface area contributed by atoms with E-state index in [0.717, 1.165) is 33.6 Å². The zero-order chi connectivity index (χ0) is 28.1. The summed E-state index contributed by atoms with van der Waals surface area (Å²) in [6.07, 6.45) is 0.858. The minimum Gasteiger partial charge on any atom is -0.488 e. The van der Waals surface area contributed by atoms with Gasteiger partial charge in [-0.25, -0.2) is 9.59 Å². The molecule has 3 atom stereocenters. The highest BCUT2D eigenvalue weighted by Crippen LogP contribution is 2.43. The summed E-state index contributed by atoms with van der Waals surface area (Å²) in [5, 5.41) is 0. The number of hydrogen-bond acceptors (Lipinski definition) is 7. The van der Waals surface area contributed by atoms with Gasteiger partial charge in [0, 0.05) is 29.7 Å². The zero-order valence-electron chi connectivity index (χ0n) is 22.5. The molecule has 1 unspecified atom stereocenters. The molecule has 1 fully saturated rings. The molecule has 2 aliphatic heterocycles. The first-order chi connectivity index (χ1) is 18.4. The summed E-state index contributed by atoms with van der Waals surface area (Å²) < 4.78 is 16.9. The minimum atomic E-state index is -0.784. The zero-order valence-corrected chi connectivity index (χ0v) is 24.1. The number of ether oxygens (including phenoxy) is 3. The van der Waals surface area contributed by atoms with Crippen molar-refractivity contribution in [1.82, 2.24) is 4.90 Å². The molecule has 5 rings (SSSR count). The van der Waals surface area contributed by atoms with E-state index in [0.29, 0.717) is 31.4 Å². The standard InChI is InChI=1S/C30H32BrNO7/c1-16-9-24(32(13-16)29(36)39-30(2,3)4)28(35)38-15-26(34)18-6-7-20-19(10-18)14-37-27-21(20)8-5-17-11-23(31)25(33)12-22(17)27/h5-8,10,16,23-24H,9,11-15H2,1-4H3/t16-,23?,24-/m0/s1. The summed E-state index contributed by atoms with van der Waals surface area (Å²) in [6, 6.07) is 8.61. The summed E-state index contributed by atoms with van der Waals surface area (Å²) >= 11 is 3.45. The molecule has 2 aromatic carbocycles. The number of fused-ring (bicyclic) bond motifs is 5. The topological polar surface area (TPSA) is 99.2 Å². The van der Waals surface area contributed by atoms with Crippen LogP contribution in [0.15, 0.2) is 30.3 Å². The highest BCUT2D eigenvalue weighted by atomic mass is 79.9. The largest absolute Gasteiger partial charge is 0.488 e. The van der Waals surface area contributed by atoms with Crippen LogP contribution < -0.4 is 4.74 Å². The van der Waals surface area contributed by atoms with Crippen LogP contribution in [0.1, 0.15) is 61.2 Å². The van der Waals surface area contributed by atoms with Crippen molar-refractivity contribution in [2.45, 2.75) is 70.0 Å². The normalized spacial score (nSPS) is 21.8. The Morgan fingerprint density at radius 1 is 1.10 bits per heavy atom. The van der Waals surface area contributed by atoms with Gasteiger partial charge in [0.1, 0.15) is 24.0 Å². The highest BCUT2D eigenvalue weighted by molar-refractivity contribution is 9.10. The van der Waals surface area contributed by atoms with E-state index in [9.17, 15) is 19.2 Å². The number of benzene rings is 2. The fraction of sp³-hybridized carbons (Fsp3) is 0.467. The molecule has 0 radical (unpaired) electrons. The van der Waals surface area contributed by atoms with Gasteiger partial charge >= 0.3 is 12.1 Å². The van der Waals surface area contributed by atoms with Crippen molar-refractivity contribution >= 4 is 39.6 Å². The first-order valence-electron chi connectivity index (χ1n) is 13.2. The van der Waals surface area contributed by atoms with Crippen molar-refractivity contribution in [2.75, 3.05) is 13.2 Å². The molecule has 0 aromatic heterocycles. The molecular weight excluding hydrogens is 566 g/mol. The number of alkyl halides is 1. The van der Waals surface area contributed by atoms with Gasteiger partial charge in [-0.15, -0.1) is 0 Å². The Labute approximate surface area is 236 Å². The maximum absolute atomic E-state index is 13.0. The molecule has 2 heterocycles. The van der Waals surface area contributed by atoms with Crippen LogP contribution in [0.5, 0.6) is 5.75 Å². The fourth-order valence-electron chi connectivity index (χ4n) is 5.43. The van der Waals surface area contributed by atoms with Gasteiger partial charge < -0.3 is 14.2 Å². The van der Waals surface area contributed by atoms with Crippen LogP contribution in [0.3, 0.4) is 0 Å². The average Bonchev–Trinajstić information content (AvgIpc) is 3.28. The van der Waals surface area contributed by atoms with Gasteiger partial charge in [-0.3, -0.25) is 14.5 Å². The third-order valence-corrected chi connectivity index (χ3v) is 8.14. The number of likely N-dealkylation sites (tertiary alicyclic amines) is 1. The van der Waals surface area contributed by atoms with Crippen molar-refractivity contribution < 1.29 is 33.4 Å². The van der Waals surface area contributed by atoms with Crippen LogP contribution in [0.25, 0.3) is 11.1 Å². The van der Waals surface area contributed by atoms with Crippen LogP contribution in [-0.2, 0) is 38.5 Å². The van der Waals surface area contributed by atoms with Crippen molar-refractivity contribution in [1.29, 1.82) is 0 Å². The maximum Gasteiger partial charge on any atom is 0.411 e. The number of ketones is 2. The predicted molar refractivity (Wildman–Crippen MR) is 147 cm³/mol. The van der Waals surface area contributed by atoms with Gasteiger partial charge in [0.2, 0.25) is 0 Å². The van der Waals surface area contributed by atoms with E-state index >= 15 is 0 Å². The summed E-state index contributed by atoms with van der Waals surface area (Å²) in [5.74, 6) is 0.0344. The molecule has 1 amide bonds. The Kier molecular flexibility index (Phi) is 7.31. The van der Waals surface area contributed by atoms with E-state index in [2.05, 4.69) is 15.9 Å². The Hall–Kier alpha value is -3.20. The molecule has 39 heavy (non-hydrogen) atoms. The number of Topliss-reactive ketones (excluding diaryl/α,β-unsaturated/α-hetero) is 2. The van der Waals surface area contributed by atoms with E-state index in [4.69, 9.17) is 14.2 Å². The number of rotatable bonds is 4. The summed E-state index contributed by atoms with van der Waals surface area (Å²) in [6.45, 7) is 7.50. The molecule has 0 bridgehead atoms. The molecule has 8 nitrogen and oxygen atoms in total. The van der Waals surface area contributed by atoms with Gasteiger partial charge in [0.15, 0.2) is 18.2 Å². The van der Waals surface area contributed by atoms with E-state index in [1.807, 2.05) is 25.1 Å². The molecule has 2 aromatic rings. The van der Waals surface area contributed by atoms with Crippen LogP contribution in [0, 0.1) is 5.92 Å². The SMILES string of the molecule is C[C@H]1C[C@@H](C(=O)OCC(=O)c2ccc3c(c2)COc2c-3ccc3c2CC(=O)C(Br)C3)N(C(=O)OC(C)(C)C)C1. The van der Waals surface area contributed by atoms with E-state index in [1.165, 1.54) is 4.90 Å². The average molecular weight is 598 g/mol. The van der Waals surface area contributed by atoms with Crippen LogP contribution in [0.4, 0.5) is 4.79 Å². The van der Waals surface area contributed by atoms with Crippen molar-refractivity contribution in [3.05, 3.63) is 52.6 Å². The quantitative estimate of drug-likeness (QED) is 0.276. The number of hydrogen-bond donors (Lipinski definition) is 0. The fourth-order valence-corrected chi connectivity index (χ4v) is 5.94. The number of nitrogens with zero attached hydrogens (tertiary/aromatic N) is 1. The highest BCUT2D eigenvalue weighted by Gasteiger charge is 2.41. The number of esters is 1. The third kappa shape index (κ3) is 5.60. The smallest absolute Gasteiger partial charge is 0.411 e. The molecule has 1 saturated heterocycles. The van der Waals surface area contributed by atoms with Crippen LogP contribution in [0.2, 0.25) is 0 Å². The monoisotopic (exact) mass is 597 g/mol. The molecule has 3 aliphatic rings. The maximum atomic E-state index is 13.0. The van der Waals surface area contributed by atoms with E-state index < -0.39 is 30.3 Å². The summed E-state index contributed by atoms with van der Waals surface area (Å²) in [5.41, 5.74) is 4.47. The van der Waals surface area contributed by atoms with Gasteiger partial charge in [-0.1, -0.05) is 47.1 Å². The summed E-state index contributed by atoms with van der Waals surface area (Å²) in [4.78, 5) is 52.0. The lowest BCUT2D eigenvalue weighted by molar-refractivity contribution is -0.147. The number of carbonyl (C=O) groups excluding carboxylic acids is 4. The first-order valence-corrected chi connectivity index (χ1v) is 14.1. The predicted octanol–water partition coefficient (Wildman–Crippen LogP) is 5.05. The van der Waals surface area contributed by atoms with E-state index in [-0.39, 0.29) is 28.9 Å². The number of halogens is 1. The number of amides is 1. The van der Waals surface area contributed by atoms with Gasteiger partial charge in [-0.2, -0.15) is 0 Å². The van der Waals surface area contributed by atoms with Gasteiger partial charge in [-0.05, 0) is 62.3 Å². The Morgan fingerprint density at radius 2 is 1.85 bits per heavy atom. The number of carbonyl (C=O) groups is 4. The lowest BCUT2D eigenvalue weighted by Gasteiger charge is -2.28. The molecular formula is C30H32BrNO7. The molecule has 1 aliphatic carbocycles. The minimum absolute atomic E-state index is 0.110. The van der Waals surface area contributed by atoms with Crippen LogP contribution in [-0.4, -0.2) is 58.2 Å². The molecule has 9 heteroatoms. The Bertz CT molecular complexity index is 1360. The molecule has 0 spiro atoms. The Morgan fingerprint density at radius 3 is 2.59 bits per heavy atom. The second kappa shape index (κ2) is 10.4. The van der Waals surface area contributed by atoms with Gasteiger partial charge in [0.05, 0.1) is 4.83 Å². The third-order valence-electron chi connectivity index (χ3n) is 7.30. The Balaban J connectivity index is 1.27. The second-order valence-corrected chi connectivity index (χ2v) is 12.7. The van der Waals surface area contributed by atoms with Crippen molar-refractivity contribution in [3.63, 3.8) is 0 Å². The molecule has 0 saturated carbocycles. The summed E-state index contributed by atoms with van der Waals surface area (Å²) in [7, 11) is 0. The van der Waals surface area contributed by atoms with Crippen molar-refractivity contribution in [3.8, 4) is 16.9 Å². The second-order valence-electron chi connectivity index (χ2n) is 11.6. The molecule has 206 valence electrons. The lowest BCUT2D eigenvalue weighted by atomic mass is 9.85. The lowest BCUT2D eigenvalue weighted by Crippen LogP contribution is -2.44.